The highest BCUT2D eigenvalue weighted by Gasteiger charge is 1.94. The van der Waals surface area contributed by atoms with Crippen molar-refractivity contribution in [3.63, 3.8) is 0 Å². The average Bonchev–Trinajstić information content (AvgIpc) is 2.34. The molecule has 0 fully saturated rings. The molecule has 0 saturated heterocycles. The Bertz CT molecular complexity index is 208. The Morgan fingerprint density at radius 1 is 1.80 bits per heavy atom. The minimum atomic E-state index is -0.698. The summed E-state index contributed by atoms with van der Waals surface area (Å²) in [4.78, 5) is 0. The summed E-state index contributed by atoms with van der Waals surface area (Å²) in [5, 5.41) is 6.58. The number of rotatable bonds is 3. The zero-order valence-corrected chi connectivity index (χ0v) is 6.65. The molecule has 0 radical (unpaired) electrons. The van der Waals surface area contributed by atoms with E-state index in [0.717, 1.165) is 12.1 Å². The van der Waals surface area contributed by atoms with Gasteiger partial charge in [0.25, 0.3) is 0 Å². The minimum Gasteiger partial charge on any atom is -0.283 e. The maximum Gasteiger partial charge on any atom is 0.0490 e. The Morgan fingerprint density at radius 2 is 2.60 bits per heavy atom. The van der Waals surface area contributed by atoms with Crippen LogP contribution in [-0.4, -0.2) is 26.4 Å². The quantitative estimate of drug-likeness (QED) is 0.689. The molecule has 0 bridgehead atoms. The second-order valence-corrected chi connectivity index (χ2v) is 3.66. The zero-order chi connectivity index (χ0) is 7.40. The van der Waals surface area contributed by atoms with Gasteiger partial charge in [-0.15, -0.1) is 0 Å². The van der Waals surface area contributed by atoms with Crippen LogP contribution in [0.1, 0.15) is 5.69 Å². The van der Waals surface area contributed by atoms with Crippen molar-refractivity contribution in [3.8, 4) is 0 Å². The molecule has 0 aliphatic heterocycles. The van der Waals surface area contributed by atoms with Crippen molar-refractivity contribution in [2.75, 3.05) is 12.0 Å². The Kier molecular flexibility index (Phi) is 2.62. The number of aryl methyl sites for hydroxylation is 1. The van der Waals surface area contributed by atoms with Crippen LogP contribution >= 0.6 is 0 Å². The Hall–Kier alpha value is -0.640. The molecule has 0 aliphatic carbocycles. The molecule has 1 heterocycles. The van der Waals surface area contributed by atoms with Gasteiger partial charge in [0.1, 0.15) is 0 Å². The number of H-pyrrole nitrogens is 1. The lowest BCUT2D eigenvalue weighted by molar-refractivity contribution is 0.685. The van der Waals surface area contributed by atoms with E-state index >= 15 is 0 Å². The number of aromatic amines is 1. The summed E-state index contributed by atoms with van der Waals surface area (Å²) in [5.41, 5.74) is 1.05. The standard InChI is InChI=1S/C6H10N2OS/c1-10(9)5-3-6-2-4-7-8-6/h2,4H,3,5H2,1H3,(H,7,8). The smallest absolute Gasteiger partial charge is 0.0490 e. The van der Waals surface area contributed by atoms with Crippen LogP contribution in [-0.2, 0) is 17.2 Å². The first-order chi connectivity index (χ1) is 4.79. The van der Waals surface area contributed by atoms with E-state index in [-0.39, 0.29) is 0 Å². The summed E-state index contributed by atoms with van der Waals surface area (Å²) < 4.78 is 10.6. The summed E-state index contributed by atoms with van der Waals surface area (Å²) in [6.45, 7) is 0. The van der Waals surface area contributed by atoms with Gasteiger partial charge in [0.15, 0.2) is 0 Å². The maximum atomic E-state index is 10.6. The number of hydrogen-bond donors (Lipinski definition) is 1. The first-order valence-electron chi connectivity index (χ1n) is 3.07. The van der Waals surface area contributed by atoms with Gasteiger partial charge in [-0.1, -0.05) is 0 Å². The molecule has 1 aromatic rings. The second kappa shape index (κ2) is 3.51. The highest BCUT2D eigenvalue weighted by Crippen LogP contribution is 1.93. The zero-order valence-electron chi connectivity index (χ0n) is 5.83. The fourth-order valence-corrected chi connectivity index (χ4v) is 1.18. The predicted octanol–water partition coefficient (Wildman–Crippen LogP) is 0.331. The fourth-order valence-electron chi connectivity index (χ4n) is 0.678. The van der Waals surface area contributed by atoms with Gasteiger partial charge in [-0.3, -0.25) is 9.31 Å². The van der Waals surface area contributed by atoms with E-state index in [1.165, 1.54) is 0 Å². The van der Waals surface area contributed by atoms with Gasteiger partial charge in [0.2, 0.25) is 0 Å². The van der Waals surface area contributed by atoms with Crippen LogP contribution in [0.3, 0.4) is 0 Å². The van der Waals surface area contributed by atoms with Gasteiger partial charge < -0.3 is 0 Å². The van der Waals surface area contributed by atoms with E-state index in [1.54, 1.807) is 12.5 Å². The van der Waals surface area contributed by atoms with Crippen LogP contribution in [0.25, 0.3) is 0 Å². The van der Waals surface area contributed by atoms with Gasteiger partial charge in [-0.25, -0.2) is 0 Å². The molecule has 1 N–H and O–H groups in total. The summed E-state index contributed by atoms with van der Waals surface area (Å²) in [7, 11) is -0.698. The van der Waals surface area contributed by atoms with Crippen molar-refractivity contribution < 1.29 is 4.21 Å². The normalized spacial score (nSPS) is 13.3. The molecule has 0 aromatic carbocycles. The average molecular weight is 158 g/mol. The van der Waals surface area contributed by atoms with Gasteiger partial charge >= 0.3 is 0 Å². The lowest BCUT2D eigenvalue weighted by Gasteiger charge is -1.91. The molecule has 0 amide bonds. The number of nitrogens with zero attached hydrogens (tertiary/aromatic N) is 1. The van der Waals surface area contributed by atoms with Crippen molar-refractivity contribution in [2.24, 2.45) is 0 Å². The highest BCUT2D eigenvalue weighted by atomic mass is 32.2. The molecule has 1 rings (SSSR count). The summed E-state index contributed by atoms with van der Waals surface area (Å²) in [6, 6.07) is 1.90. The molecular weight excluding hydrogens is 148 g/mol. The molecule has 0 saturated carbocycles. The number of nitrogens with one attached hydrogen (secondary N) is 1. The molecule has 0 aliphatic rings. The summed E-state index contributed by atoms with van der Waals surface area (Å²) in [6.07, 6.45) is 4.23. The summed E-state index contributed by atoms with van der Waals surface area (Å²) in [5.74, 6) is 0.711. The molecule has 1 unspecified atom stereocenters. The van der Waals surface area contributed by atoms with Crippen LogP contribution in [0, 0.1) is 0 Å². The lowest BCUT2D eigenvalue weighted by atomic mass is 10.3. The monoisotopic (exact) mass is 158 g/mol. The first-order valence-corrected chi connectivity index (χ1v) is 4.80. The topological polar surface area (TPSA) is 45.8 Å². The molecule has 4 heteroatoms. The number of hydrogen-bond acceptors (Lipinski definition) is 2. The van der Waals surface area contributed by atoms with Crippen molar-refractivity contribution in [1.82, 2.24) is 10.2 Å². The van der Waals surface area contributed by atoms with E-state index in [0.29, 0.717) is 5.75 Å². The minimum absolute atomic E-state index is 0.698. The van der Waals surface area contributed by atoms with Crippen molar-refractivity contribution in [2.45, 2.75) is 6.42 Å². The molecule has 1 atom stereocenters. The molecule has 3 nitrogen and oxygen atoms in total. The van der Waals surface area contributed by atoms with E-state index in [4.69, 9.17) is 0 Å². The van der Waals surface area contributed by atoms with E-state index in [9.17, 15) is 4.21 Å². The van der Waals surface area contributed by atoms with E-state index in [1.807, 2.05) is 6.07 Å². The largest absolute Gasteiger partial charge is 0.283 e. The third-order valence-electron chi connectivity index (χ3n) is 1.22. The summed E-state index contributed by atoms with van der Waals surface area (Å²) >= 11 is 0. The Labute approximate surface area is 62.3 Å². The third kappa shape index (κ3) is 2.31. The lowest BCUT2D eigenvalue weighted by Crippen LogP contribution is -1.98. The van der Waals surface area contributed by atoms with Crippen LogP contribution < -0.4 is 0 Å². The Morgan fingerprint density at radius 3 is 3.10 bits per heavy atom. The SMILES string of the molecule is CS(=O)CCc1ccn[nH]1. The number of aromatic nitrogens is 2. The van der Waals surface area contributed by atoms with Crippen molar-refractivity contribution in [1.29, 1.82) is 0 Å². The molecule has 1 aromatic heterocycles. The van der Waals surface area contributed by atoms with Crippen LogP contribution in [0.5, 0.6) is 0 Å². The van der Waals surface area contributed by atoms with Crippen molar-refractivity contribution in [3.05, 3.63) is 18.0 Å². The molecule has 56 valence electrons. The van der Waals surface area contributed by atoms with Crippen LogP contribution in [0.2, 0.25) is 0 Å². The van der Waals surface area contributed by atoms with Gasteiger partial charge in [0, 0.05) is 41.1 Å². The first kappa shape index (κ1) is 7.47. The van der Waals surface area contributed by atoms with E-state index in [2.05, 4.69) is 10.2 Å². The molecule has 0 spiro atoms. The highest BCUT2D eigenvalue weighted by molar-refractivity contribution is 7.84. The van der Waals surface area contributed by atoms with Gasteiger partial charge in [0.05, 0.1) is 0 Å². The van der Waals surface area contributed by atoms with Crippen molar-refractivity contribution >= 4 is 10.8 Å². The molecule has 10 heavy (non-hydrogen) atoms. The second-order valence-electron chi connectivity index (χ2n) is 2.11. The maximum absolute atomic E-state index is 10.6. The van der Waals surface area contributed by atoms with Crippen LogP contribution in [0.4, 0.5) is 0 Å². The van der Waals surface area contributed by atoms with Gasteiger partial charge in [-0.2, -0.15) is 5.10 Å². The fraction of sp³-hybridized carbons (Fsp3) is 0.500. The van der Waals surface area contributed by atoms with Crippen LogP contribution in [0.15, 0.2) is 12.3 Å². The predicted molar refractivity (Wildman–Crippen MR) is 41.2 cm³/mol. The van der Waals surface area contributed by atoms with E-state index < -0.39 is 10.8 Å². The third-order valence-corrected chi connectivity index (χ3v) is 2.00. The Balaban J connectivity index is 2.35. The molecular formula is C6H10N2OS. The van der Waals surface area contributed by atoms with Gasteiger partial charge in [-0.05, 0) is 6.07 Å².